The lowest BCUT2D eigenvalue weighted by molar-refractivity contribution is 0.340. The number of phenolic OH excluding ortho intramolecular Hbond substituents is 1. The highest BCUT2D eigenvalue weighted by molar-refractivity contribution is 7.89. The molecule has 0 aliphatic carbocycles. The number of likely N-dealkylation sites (tertiary alicyclic amines) is 1. The van der Waals surface area contributed by atoms with Crippen molar-refractivity contribution in [3.05, 3.63) is 78.4 Å². The van der Waals surface area contributed by atoms with E-state index in [4.69, 9.17) is 10.1 Å². The molecule has 4 rings (SSSR count). The lowest BCUT2D eigenvalue weighted by atomic mass is 10.0. The molecule has 0 amide bonds. The number of rotatable bonds is 6. The van der Waals surface area contributed by atoms with Gasteiger partial charge in [-0.3, -0.25) is 4.99 Å². The van der Waals surface area contributed by atoms with Crippen molar-refractivity contribution in [1.82, 2.24) is 4.90 Å². The van der Waals surface area contributed by atoms with Gasteiger partial charge in [0.05, 0.1) is 10.6 Å². The lowest BCUT2D eigenvalue weighted by Gasteiger charge is -2.30. The molecule has 34 heavy (non-hydrogen) atoms. The minimum atomic E-state index is -3.70. The van der Waals surface area contributed by atoms with Crippen molar-refractivity contribution in [3.8, 4) is 16.9 Å². The second-order valence-corrected chi connectivity index (χ2v) is 9.98. The monoisotopic (exact) mass is 478 g/mol. The smallest absolute Gasteiger partial charge is 0.238 e. The Morgan fingerprint density at radius 1 is 0.941 bits per heavy atom. The van der Waals surface area contributed by atoms with E-state index >= 15 is 0 Å². The van der Waals surface area contributed by atoms with Gasteiger partial charge < -0.3 is 15.3 Å². The standard InChI is InChI=1S/C26H30N4O3S/c27-34(32,33)23-12-9-20(10-13-23)15-16-28-26(30-17-5-2-6-18-30)29-24-19-22(11-14-25(24)31)21-7-3-1-4-8-21/h1,3-4,7-14,19,31H,2,5-6,15-18H2,(H,28,29)(H2,27,32,33). The molecular formula is C26H30N4O3S. The molecular weight excluding hydrogens is 448 g/mol. The van der Waals surface area contributed by atoms with Crippen molar-refractivity contribution in [3.63, 3.8) is 0 Å². The number of sulfonamides is 1. The predicted molar refractivity (Wildman–Crippen MR) is 136 cm³/mol. The fraction of sp³-hybridized carbons (Fsp3) is 0.269. The number of primary sulfonamides is 1. The van der Waals surface area contributed by atoms with Gasteiger partial charge in [-0.2, -0.15) is 0 Å². The first kappa shape index (κ1) is 23.8. The molecule has 0 unspecified atom stereocenters. The number of guanidine groups is 1. The van der Waals surface area contributed by atoms with Gasteiger partial charge >= 0.3 is 0 Å². The zero-order chi connectivity index (χ0) is 24.0. The minimum Gasteiger partial charge on any atom is -0.506 e. The molecule has 1 aliphatic heterocycles. The van der Waals surface area contributed by atoms with Crippen LogP contribution in [0.5, 0.6) is 5.75 Å². The Morgan fingerprint density at radius 3 is 2.32 bits per heavy atom. The molecule has 3 aromatic rings. The average Bonchev–Trinajstić information content (AvgIpc) is 2.85. The molecule has 0 aromatic heterocycles. The fourth-order valence-corrected chi connectivity index (χ4v) is 4.54. The summed E-state index contributed by atoms with van der Waals surface area (Å²) < 4.78 is 22.9. The fourth-order valence-electron chi connectivity index (χ4n) is 4.03. The van der Waals surface area contributed by atoms with Crippen molar-refractivity contribution >= 4 is 21.7 Å². The molecule has 3 aromatic carbocycles. The zero-order valence-electron chi connectivity index (χ0n) is 19.0. The van der Waals surface area contributed by atoms with E-state index < -0.39 is 10.0 Å². The Bertz CT molecular complexity index is 1240. The van der Waals surface area contributed by atoms with Crippen LogP contribution in [0.25, 0.3) is 11.1 Å². The first-order valence-corrected chi connectivity index (χ1v) is 13.0. The van der Waals surface area contributed by atoms with Crippen molar-refractivity contribution in [2.45, 2.75) is 30.6 Å². The number of nitrogens with one attached hydrogen (secondary N) is 1. The van der Waals surface area contributed by atoms with E-state index in [0.717, 1.165) is 48.6 Å². The third kappa shape index (κ3) is 6.15. The summed E-state index contributed by atoms with van der Waals surface area (Å²) in [7, 11) is -3.70. The number of hydrogen-bond donors (Lipinski definition) is 3. The van der Waals surface area contributed by atoms with E-state index in [-0.39, 0.29) is 10.6 Å². The molecule has 1 heterocycles. The molecule has 178 valence electrons. The summed E-state index contributed by atoms with van der Waals surface area (Å²) >= 11 is 0. The van der Waals surface area contributed by atoms with Crippen LogP contribution in [0.1, 0.15) is 24.8 Å². The maximum absolute atomic E-state index is 11.5. The van der Waals surface area contributed by atoms with Crippen molar-refractivity contribution < 1.29 is 13.5 Å². The van der Waals surface area contributed by atoms with Crippen LogP contribution in [0.2, 0.25) is 0 Å². The van der Waals surface area contributed by atoms with Gasteiger partial charge in [-0.1, -0.05) is 48.5 Å². The van der Waals surface area contributed by atoms with Gasteiger partial charge in [0.1, 0.15) is 5.75 Å². The molecule has 0 atom stereocenters. The van der Waals surface area contributed by atoms with Gasteiger partial charge in [0, 0.05) is 19.6 Å². The first-order chi connectivity index (χ1) is 16.4. The molecule has 1 saturated heterocycles. The van der Waals surface area contributed by atoms with Gasteiger partial charge in [-0.25, -0.2) is 13.6 Å². The summed E-state index contributed by atoms with van der Waals surface area (Å²) in [6, 6.07) is 22.1. The number of anilines is 1. The SMILES string of the molecule is NS(=O)(=O)c1ccc(CCN=C(Nc2cc(-c3ccccc3)ccc2O)N2CCCCC2)cc1. The predicted octanol–water partition coefficient (Wildman–Crippen LogP) is 4.20. The van der Waals surface area contributed by atoms with Gasteiger partial charge in [0.25, 0.3) is 0 Å². The molecule has 0 saturated carbocycles. The molecule has 0 radical (unpaired) electrons. The first-order valence-electron chi connectivity index (χ1n) is 11.5. The number of piperidine rings is 1. The van der Waals surface area contributed by atoms with Crippen molar-refractivity contribution in [2.24, 2.45) is 10.1 Å². The molecule has 0 bridgehead atoms. The van der Waals surface area contributed by atoms with Crippen molar-refractivity contribution in [2.75, 3.05) is 25.0 Å². The topological polar surface area (TPSA) is 108 Å². The second-order valence-electron chi connectivity index (χ2n) is 8.41. The Balaban J connectivity index is 1.53. The Morgan fingerprint density at radius 2 is 1.65 bits per heavy atom. The number of aliphatic imine (C=N–C) groups is 1. The van der Waals surface area contributed by atoms with Crippen LogP contribution < -0.4 is 10.5 Å². The Kier molecular flexibility index (Phi) is 7.49. The number of nitrogens with two attached hydrogens (primary N) is 1. The third-order valence-corrected chi connectivity index (χ3v) is 6.85. The number of benzene rings is 3. The molecule has 7 nitrogen and oxygen atoms in total. The maximum Gasteiger partial charge on any atom is 0.238 e. The van der Waals surface area contributed by atoms with Crippen LogP contribution in [-0.4, -0.2) is 44.0 Å². The molecule has 4 N–H and O–H groups in total. The highest BCUT2D eigenvalue weighted by Gasteiger charge is 2.17. The van der Waals surface area contributed by atoms with Gasteiger partial charge in [-0.15, -0.1) is 0 Å². The summed E-state index contributed by atoms with van der Waals surface area (Å²) in [5.41, 5.74) is 3.67. The van der Waals surface area contributed by atoms with E-state index in [9.17, 15) is 13.5 Å². The van der Waals surface area contributed by atoms with Crippen LogP contribution in [0, 0.1) is 0 Å². The zero-order valence-corrected chi connectivity index (χ0v) is 19.8. The maximum atomic E-state index is 11.5. The van der Waals surface area contributed by atoms with E-state index in [1.54, 1.807) is 18.2 Å². The minimum absolute atomic E-state index is 0.101. The second kappa shape index (κ2) is 10.7. The molecule has 0 spiro atoms. The number of aromatic hydroxyl groups is 1. The van der Waals surface area contributed by atoms with Crippen LogP contribution in [0.15, 0.2) is 82.7 Å². The number of phenols is 1. The van der Waals surface area contributed by atoms with Crippen molar-refractivity contribution in [1.29, 1.82) is 0 Å². The summed E-state index contributed by atoms with van der Waals surface area (Å²) in [6.07, 6.45) is 4.06. The van der Waals surface area contributed by atoms with Crippen LogP contribution >= 0.6 is 0 Å². The molecule has 8 heteroatoms. The summed E-state index contributed by atoms with van der Waals surface area (Å²) in [4.78, 5) is 7.16. The van der Waals surface area contributed by atoms with Gasteiger partial charge in [-0.05, 0) is 66.6 Å². The van der Waals surface area contributed by atoms with Crippen LogP contribution in [0.3, 0.4) is 0 Å². The summed E-state index contributed by atoms with van der Waals surface area (Å²) in [6.45, 7) is 2.34. The van der Waals surface area contributed by atoms with E-state index in [1.807, 2.05) is 42.5 Å². The number of nitrogens with zero attached hydrogens (tertiary/aromatic N) is 2. The van der Waals surface area contributed by atoms with E-state index in [2.05, 4.69) is 10.2 Å². The van der Waals surface area contributed by atoms with Gasteiger partial charge in [0.15, 0.2) is 5.96 Å². The Hall–Kier alpha value is -3.36. The normalized spacial score (nSPS) is 14.7. The molecule has 1 fully saturated rings. The average molecular weight is 479 g/mol. The van der Waals surface area contributed by atoms with E-state index in [0.29, 0.717) is 18.7 Å². The van der Waals surface area contributed by atoms with Gasteiger partial charge in [0.2, 0.25) is 10.0 Å². The largest absolute Gasteiger partial charge is 0.506 e. The third-order valence-electron chi connectivity index (χ3n) is 5.92. The van der Waals surface area contributed by atoms with Crippen LogP contribution in [0.4, 0.5) is 5.69 Å². The quantitative estimate of drug-likeness (QED) is 0.280. The highest BCUT2D eigenvalue weighted by atomic mass is 32.2. The highest BCUT2D eigenvalue weighted by Crippen LogP contribution is 2.30. The molecule has 1 aliphatic rings. The Labute approximate surface area is 201 Å². The summed E-state index contributed by atoms with van der Waals surface area (Å²) in [5, 5.41) is 19.1. The number of hydrogen-bond acceptors (Lipinski definition) is 4. The van der Waals surface area contributed by atoms with Crippen LogP contribution in [-0.2, 0) is 16.4 Å². The summed E-state index contributed by atoms with van der Waals surface area (Å²) in [5.74, 6) is 0.907. The van der Waals surface area contributed by atoms with E-state index in [1.165, 1.54) is 18.6 Å². The lowest BCUT2D eigenvalue weighted by Crippen LogP contribution is -2.40.